The molecule has 3 heterocycles. The third-order valence-corrected chi connectivity index (χ3v) is 3.78. The van der Waals surface area contributed by atoms with E-state index in [0.717, 1.165) is 11.1 Å². The first kappa shape index (κ1) is 14.1. The van der Waals surface area contributed by atoms with Crippen LogP contribution in [-0.4, -0.2) is 25.4 Å². The molecule has 4 aromatic rings. The summed E-state index contributed by atoms with van der Waals surface area (Å²) in [5.41, 5.74) is 9.13. The van der Waals surface area contributed by atoms with Gasteiger partial charge in [-0.15, -0.1) is 5.10 Å². The van der Waals surface area contributed by atoms with Gasteiger partial charge in [-0.1, -0.05) is 30.3 Å². The molecule has 0 fully saturated rings. The Morgan fingerprint density at radius 1 is 1.00 bits per heavy atom. The minimum atomic E-state index is -0.188. The van der Waals surface area contributed by atoms with E-state index in [2.05, 4.69) is 15.1 Å². The number of carbonyl (C=O) groups is 1. The predicted octanol–water partition coefficient (Wildman–Crippen LogP) is 2.60. The summed E-state index contributed by atoms with van der Waals surface area (Å²) < 4.78 is 1.54. The fraction of sp³-hybridized carbons (Fsp3) is 0. The maximum atomic E-state index is 12.7. The summed E-state index contributed by atoms with van der Waals surface area (Å²) in [7, 11) is 0. The molecule has 2 N–H and O–H groups in total. The number of pyridine rings is 1. The lowest BCUT2D eigenvalue weighted by Crippen LogP contribution is -2.04. The lowest BCUT2D eigenvalue weighted by molar-refractivity contribution is 0.104. The second kappa shape index (κ2) is 5.58. The quantitative estimate of drug-likeness (QED) is 0.587. The van der Waals surface area contributed by atoms with Gasteiger partial charge in [0.2, 0.25) is 5.78 Å². The molecule has 0 atom stereocenters. The van der Waals surface area contributed by atoms with Gasteiger partial charge in [-0.2, -0.15) is 0 Å². The summed E-state index contributed by atoms with van der Waals surface area (Å²) >= 11 is 0. The molecule has 24 heavy (non-hydrogen) atoms. The number of aromatic nitrogens is 4. The van der Waals surface area contributed by atoms with E-state index in [1.165, 1.54) is 0 Å². The Morgan fingerprint density at radius 3 is 2.50 bits per heavy atom. The molecule has 0 unspecified atom stereocenters. The summed E-state index contributed by atoms with van der Waals surface area (Å²) in [5.74, 6) is -0.0181. The molecule has 3 aromatic heterocycles. The van der Waals surface area contributed by atoms with Crippen LogP contribution in [-0.2, 0) is 0 Å². The number of benzene rings is 1. The topological polar surface area (TPSA) is 86.2 Å². The van der Waals surface area contributed by atoms with Crippen molar-refractivity contribution in [3.8, 4) is 11.1 Å². The van der Waals surface area contributed by atoms with Crippen LogP contribution in [0.3, 0.4) is 0 Å². The highest BCUT2D eigenvalue weighted by Crippen LogP contribution is 2.23. The average Bonchev–Trinajstić information content (AvgIpc) is 2.97. The van der Waals surface area contributed by atoms with E-state index in [1.54, 1.807) is 41.4 Å². The molecule has 0 saturated heterocycles. The number of fused-ring (bicyclic) bond motifs is 1. The Kier molecular flexibility index (Phi) is 3.28. The van der Waals surface area contributed by atoms with E-state index in [0.29, 0.717) is 16.8 Å². The van der Waals surface area contributed by atoms with Gasteiger partial charge in [-0.25, -0.2) is 9.50 Å². The zero-order chi connectivity index (χ0) is 16.5. The minimum absolute atomic E-state index is 0.170. The fourth-order valence-electron chi connectivity index (χ4n) is 2.60. The van der Waals surface area contributed by atoms with Crippen LogP contribution in [0.4, 0.5) is 5.82 Å². The van der Waals surface area contributed by atoms with Crippen molar-refractivity contribution >= 4 is 17.2 Å². The maximum Gasteiger partial charge on any atom is 0.200 e. The molecule has 4 rings (SSSR count). The van der Waals surface area contributed by atoms with Crippen molar-refractivity contribution in [2.24, 2.45) is 0 Å². The molecule has 6 heteroatoms. The number of nitrogens with zero attached hydrogens (tertiary/aromatic N) is 4. The van der Waals surface area contributed by atoms with Crippen LogP contribution in [0, 0.1) is 0 Å². The summed E-state index contributed by atoms with van der Waals surface area (Å²) in [6.07, 6.45) is 6.92. The van der Waals surface area contributed by atoms with Crippen LogP contribution in [0.1, 0.15) is 15.9 Å². The van der Waals surface area contributed by atoms with Crippen molar-refractivity contribution in [3.05, 3.63) is 78.4 Å². The van der Waals surface area contributed by atoms with Gasteiger partial charge in [0.1, 0.15) is 5.56 Å². The van der Waals surface area contributed by atoms with Crippen LogP contribution in [0.25, 0.3) is 16.8 Å². The summed E-state index contributed by atoms with van der Waals surface area (Å²) in [6, 6.07) is 12.7. The second-order valence-electron chi connectivity index (χ2n) is 5.30. The van der Waals surface area contributed by atoms with E-state index < -0.39 is 0 Å². The van der Waals surface area contributed by atoms with Crippen LogP contribution < -0.4 is 5.73 Å². The number of ketones is 1. The summed E-state index contributed by atoms with van der Waals surface area (Å²) in [5, 5.41) is 4.24. The van der Waals surface area contributed by atoms with Crippen molar-refractivity contribution in [2.45, 2.75) is 0 Å². The first-order valence-corrected chi connectivity index (χ1v) is 7.38. The van der Waals surface area contributed by atoms with E-state index >= 15 is 0 Å². The summed E-state index contributed by atoms with van der Waals surface area (Å²) in [4.78, 5) is 21.1. The number of nitrogens with two attached hydrogens (primary N) is 1. The summed E-state index contributed by atoms with van der Waals surface area (Å²) in [6.45, 7) is 0. The van der Waals surface area contributed by atoms with Gasteiger partial charge in [0, 0.05) is 35.9 Å². The molecule has 0 aliphatic rings. The molecule has 0 aliphatic heterocycles. The van der Waals surface area contributed by atoms with E-state index in [1.807, 2.05) is 30.3 Å². The minimum Gasteiger partial charge on any atom is -0.382 e. The van der Waals surface area contributed by atoms with E-state index in [4.69, 9.17) is 5.73 Å². The lowest BCUT2D eigenvalue weighted by atomic mass is 10.1. The van der Waals surface area contributed by atoms with E-state index in [9.17, 15) is 4.79 Å². The number of nitrogen functional groups attached to an aromatic ring is 1. The molecule has 0 spiro atoms. The molecule has 0 bridgehead atoms. The molecule has 116 valence electrons. The van der Waals surface area contributed by atoms with Gasteiger partial charge >= 0.3 is 0 Å². The molecule has 0 saturated carbocycles. The zero-order valence-corrected chi connectivity index (χ0v) is 12.6. The van der Waals surface area contributed by atoms with Gasteiger partial charge in [0.25, 0.3) is 0 Å². The van der Waals surface area contributed by atoms with Crippen molar-refractivity contribution in [2.75, 3.05) is 5.73 Å². The maximum absolute atomic E-state index is 12.7. The third-order valence-electron chi connectivity index (χ3n) is 3.78. The zero-order valence-electron chi connectivity index (χ0n) is 12.6. The van der Waals surface area contributed by atoms with Crippen LogP contribution in [0.15, 0.2) is 67.3 Å². The van der Waals surface area contributed by atoms with Crippen molar-refractivity contribution in [1.29, 1.82) is 0 Å². The van der Waals surface area contributed by atoms with Gasteiger partial charge < -0.3 is 5.73 Å². The van der Waals surface area contributed by atoms with Gasteiger partial charge in [0.15, 0.2) is 11.5 Å². The number of hydrogen-bond acceptors (Lipinski definition) is 5. The number of rotatable bonds is 3. The van der Waals surface area contributed by atoms with Gasteiger partial charge in [-0.05, 0) is 17.7 Å². The largest absolute Gasteiger partial charge is 0.382 e. The van der Waals surface area contributed by atoms with Crippen molar-refractivity contribution in [3.63, 3.8) is 0 Å². The standard InChI is InChI=1S/C18H13N5O/c19-17-15(16(24)13-4-2-1-3-5-13)18-21-10-14(11-23(18)22-17)12-6-8-20-9-7-12/h1-11H,(H2,19,22). The van der Waals surface area contributed by atoms with Gasteiger partial charge in [0.05, 0.1) is 0 Å². The first-order chi connectivity index (χ1) is 11.7. The SMILES string of the molecule is Nc1nn2cc(-c3ccncc3)cnc2c1C(=O)c1ccccc1. The molecule has 0 radical (unpaired) electrons. The Hall–Kier alpha value is -3.54. The highest BCUT2D eigenvalue weighted by Gasteiger charge is 2.20. The smallest absolute Gasteiger partial charge is 0.200 e. The van der Waals surface area contributed by atoms with Crippen LogP contribution >= 0.6 is 0 Å². The molecular formula is C18H13N5O. The third kappa shape index (κ3) is 2.30. The molecular weight excluding hydrogens is 302 g/mol. The van der Waals surface area contributed by atoms with Crippen molar-refractivity contribution < 1.29 is 4.79 Å². The normalized spacial score (nSPS) is 10.8. The fourth-order valence-corrected chi connectivity index (χ4v) is 2.60. The molecule has 0 amide bonds. The molecule has 6 nitrogen and oxygen atoms in total. The second-order valence-corrected chi connectivity index (χ2v) is 5.30. The average molecular weight is 315 g/mol. The molecule has 0 aliphatic carbocycles. The number of anilines is 1. The monoisotopic (exact) mass is 315 g/mol. The van der Waals surface area contributed by atoms with E-state index in [-0.39, 0.29) is 11.6 Å². The van der Waals surface area contributed by atoms with Crippen molar-refractivity contribution in [1.82, 2.24) is 19.6 Å². The van der Waals surface area contributed by atoms with Crippen LogP contribution in [0.2, 0.25) is 0 Å². The van der Waals surface area contributed by atoms with Gasteiger partial charge in [-0.3, -0.25) is 9.78 Å². The Bertz CT molecular complexity index is 1030. The molecule has 1 aromatic carbocycles. The number of carbonyl (C=O) groups excluding carboxylic acids is 1. The highest BCUT2D eigenvalue weighted by molar-refractivity contribution is 6.15. The predicted molar refractivity (Wildman–Crippen MR) is 90.5 cm³/mol. The van der Waals surface area contributed by atoms with Crippen LogP contribution in [0.5, 0.6) is 0 Å². The lowest BCUT2D eigenvalue weighted by Gasteiger charge is -2.02. The number of hydrogen-bond donors (Lipinski definition) is 1. The Morgan fingerprint density at radius 2 is 1.75 bits per heavy atom. The highest BCUT2D eigenvalue weighted by atomic mass is 16.1. The Balaban J connectivity index is 1.84. The Labute approximate surface area is 137 Å². The first-order valence-electron chi connectivity index (χ1n) is 7.38.